The zero-order valence-electron chi connectivity index (χ0n) is 10.7. The van der Waals surface area contributed by atoms with Crippen molar-refractivity contribution in [1.82, 2.24) is 15.0 Å². The molecule has 1 heterocycles. The molecule has 0 aliphatic carbocycles. The first-order valence-electron chi connectivity index (χ1n) is 5.86. The van der Waals surface area contributed by atoms with Crippen molar-refractivity contribution in [3.8, 4) is 5.69 Å². The van der Waals surface area contributed by atoms with Gasteiger partial charge in [-0.2, -0.15) is 0 Å². The van der Waals surface area contributed by atoms with Gasteiger partial charge in [0.2, 0.25) is 0 Å². The van der Waals surface area contributed by atoms with Gasteiger partial charge in [0.05, 0.1) is 18.0 Å². The number of rotatable bonds is 3. The summed E-state index contributed by atoms with van der Waals surface area (Å²) in [5, 5.41) is 17.2. The zero-order chi connectivity index (χ0) is 13.3. The Balaban J connectivity index is 2.56. The molecule has 18 heavy (non-hydrogen) atoms. The molecule has 0 aliphatic heterocycles. The molecule has 0 bridgehead atoms. The van der Waals surface area contributed by atoms with Crippen LogP contribution in [-0.2, 0) is 6.61 Å². The maximum Gasteiger partial charge on any atom is 0.128 e. The van der Waals surface area contributed by atoms with Gasteiger partial charge in [0.25, 0.3) is 0 Å². The summed E-state index contributed by atoms with van der Waals surface area (Å²) < 4.78 is 15.2. The first-order chi connectivity index (χ1) is 8.54. The molecule has 0 saturated heterocycles. The maximum atomic E-state index is 13.6. The minimum absolute atomic E-state index is 0.145. The van der Waals surface area contributed by atoms with E-state index in [1.54, 1.807) is 23.7 Å². The van der Waals surface area contributed by atoms with E-state index in [0.29, 0.717) is 16.9 Å². The second-order valence-electron chi connectivity index (χ2n) is 4.58. The summed E-state index contributed by atoms with van der Waals surface area (Å²) in [6.45, 7) is 5.52. The molecule has 0 unspecified atom stereocenters. The smallest absolute Gasteiger partial charge is 0.128 e. The fourth-order valence-corrected chi connectivity index (χ4v) is 1.92. The van der Waals surface area contributed by atoms with Gasteiger partial charge in [-0.25, -0.2) is 9.07 Å². The fraction of sp³-hybridized carbons (Fsp3) is 0.385. The monoisotopic (exact) mass is 249 g/mol. The molecule has 2 rings (SSSR count). The van der Waals surface area contributed by atoms with Gasteiger partial charge in [0.15, 0.2) is 0 Å². The molecule has 0 atom stereocenters. The third kappa shape index (κ3) is 2.13. The Morgan fingerprint density at radius 1 is 1.39 bits per heavy atom. The van der Waals surface area contributed by atoms with Crippen molar-refractivity contribution in [3.63, 3.8) is 0 Å². The first-order valence-corrected chi connectivity index (χ1v) is 5.86. The Morgan fingerprint density at radius 3 is 2.67 bits per heavy atom. The minimum Gasteiger partial charge on any atom is -0.390 e. The summed E-state index contributed by atoms with van der Waals surface area (Å²) >= 11 is 0. The first kappa shape index (κ1) is 12.7. The van der Waals surface area contributed by atoms with Crippen LogP contribution >= 0.6 is 0 Å². The molecule has 1 aromatic carbocycles. The van der Waals surface area contributed by atoms with E-state index in [0.717, 1.165) is 5.69 Å². The van der Waals surface area contributed by atoms with Gasteiger partial charge >= 0.3 is 0 Å². The molecule has 0 amide bonds. The Kier molecular flexibility index (Phi) is 3.43. The highest BCUT2D eigenvalue weighted by atomic mass is 19.1. The highest BCUT2D eigenvalue weighted by molar-refractivity contribution is 5.37. The molecular formula is C13H16FN3O. The number of aryl methyl sites for hydroxylation is 1. The number of benzene rings is 1. The molecule has 5 heteroatoms. The second kappa shape index (κ2) is 4.86. The highest BCUT2D eigenvalue weighted by Gasteiger charge is 2.17. The van der Waals surface area contributed by atoms with E-state index in [-0.39, 0.29) is 18.3 Å². The summed E-state index contributed by atoms with van der Waals surface area (Å²) in [6.07, 6.45) is 0. The van der Waals surface area contributed by atoms with Crippen molar-refractivity contribution < 1.29 is 9.50 Å². The predicted octanol–water partition coefficient (Wildman–Crippen LogP) is 2.33. The van der Waals surface area contributed by atoms with Crippen LogP contribution in [0.1, 0.15) is 36.7 Å². The van der Waals surface area contributed by atoms with Gasteiger partial charge in [0.1, 0.15) is 11.5 Å². The van der Waals surface area contributed by atoms with Crippen molar-refractivity contribution in [3.05, 3.63) is 41.0 Å². The van der Waals surface area contributed by atoms with Crippen LogP contribution in [-0.4, -0.2) is 20.1 Å². The number of halogens is 1. The quantitative estimate of drug-likeness (QED) is 0.908. The van der Waals surface area contributed by atoms with Crippen LogP contribution in [0.2, 0.25) is 0 Å². The largest absolute Gasteiger partial charge is 0.390 e. The molecule has 96 valence electrons. The van der Waals surface area contributed by atoms with Crippen LogP contribution in [0.15, 0.2) is 18.2 Å². The average molecular weight is 249 g/mol. The molecule has 0 radical (unpaired) electrons. The number of hydrogen-bond donors (Lipinski definition) is 1. The predicted molar refractivity (Wildman–Crippen MR) is 66.1 cm³/mol. The van der Waals surface area contributed by atoms with Gasteiger partial charge in [-0.05, 0) is 30.5 Å². The minimum atomic E-state index is -0.275. The summed E-state index contributed by atoms with van der Waals surface area (Å²) in [7, 11) is 0. The van der Waals surface area contributed by atoms with E-state index < -0.39 is 0 Å². The van der Waals surface area contributed by atoms with Crippen molar-refractivity contribution in [1.29, 1.82) is 0 Å². The van der Waals surface area contributed by atoms with Crippen LogP contribution in [0, 0.1) is 12.7 Å². The van der Waals surface area contributed by atoms with Crippen LogP contribution in [0.3, 0.4) is 0 Å². The molecule has 1 N–H and O–H groups in total. The van der Waals surface area contributed by atoms with E-state index in [9.17, 15) is 9.50 Å². The Morgan fingerprint density at radius 2 is 2.11 bits per heavy atom. The van der Waals surface area contributed by atoms with E-state index in [1.807, 2.05) is 13.8 Å². The molecule has 0 aliphatic rings. The third-order valence-corrected chi connectivity index (χ3v) is 2.88. The van der Waals surface area contributed by atoms with Crippen LogP contribution in [0.4, 0.5) is 4.39 Å². The molecule has 0 spiro atoms. The number of nitrogens with zero attached hydrogens (tertiary/aromatic N) is 3. The van der Waals surface area contributed by atoms with Gasteiger partial charge in [0, 0.05) is 0 Å². The van der Waals surface area contributed by atoms with E-state index >= 15 is 0 Å². The van der Waals surface area contributed by atoms with Crippen molar-refractivity contribution >= 4 is 0 Å². The van der Waals surface area contributed by atoms with Crippen molar-refractivity contribution in [2.45, 2.75) is 33.3 Å². The summed E-state index contributed by atoms with van der Waals surface area (Å²) in [4.78, 5) is 0. The standard InChI is InChI=1S/C13H16FN3O/c1-8(2)13-12(7-18)15-16-17(13)10-5-4-9(3)11(14)6-10/h4-6,8,18H,7H2,1-3H3. The molecule has 2 aromatic rings. The number of aromatic nitrogens is 3. The van der Waals surface area contributed by atoms with Gasteiger partial charge in [-0.15, -0.1) is 5.10 Å². The zero-order valence-corrected chi connectivity index (χ0v) is 10.7. The second-order valence-corrected chi connectivity index (χ2v) is 4.58. The number of aliphatic hydroxyl groups excluding tert-OH is 1. The topological polar surface area (TPSA) is 50.9 Å². The lowest BCUT2D eigenvalue weighted by atomic mass is 10.1. The van der Waals surface area contributed by atoms with Gasteiger partial charge in [-0.3, -0.25) is 0 Å². The molecular weight excluding hydrogens is 233 g/mol. The Labute approximate surface area is 105 Å². The lowest BCUT2D eigenvalue weighted by molar-refractivity contribution is 0.275. The summed E-state index contributed by atoms with van der Waals surface area (Å²) in [5.74, 6) is -0.130. The molecule has 0 saturated carbocycles. The normalized spacial score (nSPS) is 11.2. The molecule has 0 fully saturated rings. The lowest BCUT2D eigenvalue weighted by Crippen LogP contribution is -2.06. The average Bonchev–Trinajstić information content (AvgIpc) is 2.76. The molecule has 1 aromatic heterocycles. The van der Waals surface area contributed by atoms with Crippen LogP contribution < -0.4 is 0 Å². The number of aliphatic hydroxyl groups is 1. The fourth-order valence-electron chi connectivity index (χ4n) is 1.92. The summed E-state index contributed by atoms with van der Waals surface area (Å²) in [5.41, 5.74) is 2.55. The highest BCUT2D eigenvalue weighted by Crippen LogP contribution is 2.22. The van der Waals surface area contributed by atoms with Crippen molar-refractivity contribution in [2.75, 3.05) is 0 Å². The lowest BCUT2D eigenvalue weighted by Gasteiger charge is -2.11. The van der Waals surface area contributed by atoms with Crippen molar-refractivity contribution in [2.24, 2.45) is 0 Å². The van der Waals surface area contributed by atoms with Crippen LogP contribution in [0.5, 0.6) is 0 Å². The van der Waals surface area contributed by atoms with E-state index in [2.05, 4.69) is 10.3 Å². The van der Waals surface area contributed by atoms with Gasteiger partial charge < -0.3 is 5.11 Å². The third-order valence-electron chi connectivity index (χ3n) is 2.88. The van der Waals surface area contributed by atoms with Crippen LogP contribution in [0.25, 0.3) is 5.69 Å². The number of hydrogen-bond acceptors (Lipinski definition) is 3. The SMILES string of the molecule is Cc1ccc(-n2nnc(CO)c2C(C)C)cc1F. The molecule has 4 nitrogen and oxygen atoms in total. The maximum absolute atomic E-state index is 13.6. The van der Waals surface area contributed by atoms with E-state index in [4.69, 9.17) is 0 Å². The van der Waals surface area contributed by atoms with Gasteiger partial charge in [-0.1, -0.05) is 25.1 Å². The Hall–Kier alpha value is -1.75. The Bertz CT molecular complexity index is 563. The van der Waals surface area contributed by atoms with E-state index in [1.165, 1.54) is 6.07 Å². The summed E-state index contributed by atoms with van der Waals surface area (Å²) in [6, 6.07) is 4.92.